The molecule has 0 fully saturated rings. The minimum absolute atomic E-state index is 0.352. The Morgan fingerprint density at radius 1 is 1.40 bits per heavy atom. The zero-order valence-electron chi connectivity index (χ0n) is 8.29. The van der Waals surface area contributed by atoms with Gasteiger partial charge in [0, 0.05) is 10.4 Å². The average molecular weight is 217 g/mol. The van der Waals surface area contributed by atoms with Crippen molar-refractivity contribution in [2.45, 2.75) is 13.3 Å². The molecule has 0 saturated heterocycles. The molecule has 2 rings (SSSR count). The monoisotopic (exact) mass is 216 g/mol. The molecule has 1 aromatic heterocycles. The Kier molecular flexibility index (Phi) is 2.57. The predicted molar refractivity (Wildman–Crippen MR) is 60.8 cm³/mol. The van der Waals surface area contributed by atoms with Crippen LogP contribution in [0.3, 0.4) is 0 Å². The van der Waals surface area contributed by atoms with Crippen LogP contribution in [-0.2, 0) is 6.42 Å². The van der Waals surface area contributed by atoms with Crippen LogP contribution in [-0.4, -0.2) is 4.98 Å². The van der Waals surface area contributed by atoms with Gasteiger partial charge in [-0.15, -0.1) is 0 Å². The third kappa shape index (κ3) is 1.93. The lowest BCUT2D eigenvalue weighted by atomic mass is 10.1. The van der Waals surface area contributed by atoms with Crippen LogP contribution in [0.5, 0.6) is 0 Å². The molecule has 0 unspecified atom stereocenters. The first-order valence-corrected chi connectivity index (χ1v) is 5.01. The van der Waals surface area contributed by atoms with Gasteiger partial charge in [0.25, 0.3) is 0 Å². The number of pyridine rings is 1. The van der Waals surface area contributed by atoms with Gasteiger partial charge in [-0.1, -0.05) is 11.6 Å². The summed E-state index contributed by atoms with van der Waals surface area (Å²) in [5, 5.41) is 10.4. The Labute approximate surface area is 93.1 Å². The average Bonchev–Trinajstić information content (AvgIpc) is 2.20. The van der Waals surface area contributed by atoms with Crippen molar-refractivity contribution in [3.8, 4) is 6.07 Å². The highest BCUT2D eigenvalue weighted by molar-refractivity contribution is 6.31. The number of aryl methyl sites for hydroxylation is 1. The summed E-state index contributed by atoms with van der Waals surface area (Å²) in [6.45, 7) is 1.96. The van der Waals surface area contributed by atoms with Gasteiger partial charge in [0.1, 0.15) is 0 Å². The van der Waals surface area contributed by atoms with E-state index in [1.165, 1.54) is 0 Å². The Morgan fingerprint density at radius 3 is 2.93 bits per heavy atom. The molecule has 0 aliphatic heterocycles. The maximum absolute atomic E-state index is 8.65. The molecule has 0 amide bonds. The van der Waals surface area contributed by atoms with Crippen LogP contribution in [0, 0.1) is 18.3 Å². The number of nitrogens with zero attached hydrogens (tertiary/aromatic N) is 2. The van der Waals surface area contributed by atoms with E-state index in [-0.39, 0.29) is 0 Å². The summed E-state index contributed by atoms with van der Waals surface area (Å²) < 4.78 is 0. The number of aromatic nitrogens is 1. The summed E-state index contributed by atoms with van der Waals surface area (Å²) in [5.74, 6) is 0. The van der Waals surface area contributed by atoms with Crippen LogP contribution in [0.1, 0.15) is 11.3 Å². The molecule has 0 aliphatic rings. The maximum Gasteiger partial charge on any atom is 0.0777 e. The van der Waals surface area contributed by atoms with Crippen LogP contribution >= 0.6 is 11.6 Å². The number of rotatable bonds is 1. The summed E-state index contributed by atoms with van der Waals surface area (Å²) in [6.07, 6.45) is 0.352. The van der Waals surface area contributed by atoms with Crippen LogP contribution in [0.2, 0.25) is 5.02 Å². The molecule has 1 aromatic carbocycles. The molecule has 0 bridgehead atoms. The lowest BCUT2D eigenvalue weighted by Crippen LogP contribution is -1.93. The zero-order chi connectivity index (χ0) is 10.8. The minimum atomic E-state index is 0.352. The second kappa shape index (κ2) is 3.88. The number of nitriles is 1. The molecular weight excluding hydrogens is 208 g/mol. The molecule has 0 spiro atoms. The fourth-order valence-electron chi connectivity index (χ4n) is 1.55. The topological polar surface area (TPSA) is 36.7 Å². The summed E-state index contributed by atoms with van der Waals surface area (Å²) in [4.78, 5) is 4.42. The number of fused-ring (bicyclic) bond motifs is 1. The number of hydrogen-bond acceptors (Lipinski definition) is 2. The smallest absolute Gasteiger partial charge is 0.0777 e. The highest BCUT2D eigenvalue weighted by atomic mass is 35.5. The Balaban J connectivity index is 2.66. The van der Waals surface area contributed by atoms with Crippen molar-refractivity contribution in [3.05, 3.63) is 40.5 Å². The lowest BCUT2D eigenvalue weighted by Gasteiger charge is -2.04. The molecule has 0 radical (unpaired) electrons. The molecule has 1 heterocycles. The van der Waals surface area contributed by atoms with E-state index >= 15 is 0 Å². The Bertz CT molecular complexity index is 555. The molecular formula is C12H9ClN2. The van der Waals surface area contributed by atoms with Crippen LogP contribution in [0.15, 0.2) is 24.3 Å². The van der Waals surface area contributed by atoms with Gasteiger partial charge in [-0.2, -0.15) is 5.26 Å². The third-order valence-corrected chi connectivity index (χ3v) is 2.55. The number of halogens is 1. The molecule has 2 aromatic rings. The SMILES string of the molecule is Cc1cc2cc(Cl)ccc2nc1CC#N. The Morgan fingerprint density at radius 2 is 2.20 bits per heavy atom. The van der Waals surface area contributed by atoms with Crippen molar-refractivity contribution in [3.63, 3.8) is 0 Å². The summed E-state index contributed by atoms with van der Waals surface area (Å²) >= 11 is 5.89. The summed E-state index contributed by atoms with van der Waals surface area (Å²) in [6, 6.07) is 9.69. The van der Waals surface area contributed by atoms with Crippen LogP contribution in [0.4, 0.5) is 0 Å². The predicted octanol–water partition coefficient (Wildman–Crippen LogP) is 3.26. The molecule has 15 heavy (non-hydrogen) atoms. The first-order valence-electron chi connectivity index (χ1n) is 4.63. The first-order chi connectivity index (χ1) is 7.20. The van der Waals surface area contributed by atoms with Crippen molar-refractivity contribution in [2.24, 2.45) is 0 Å². The first kappa shape index (κ1) is 9.95. The van der Waals surface area contributed by atoms with E-state index in [1.807, 2.05) is 31.2 Å². The van der Waals surface area contributed by atoms with Crippen LogP contribution < -0.4 is 0 Å². The van der Waals surface area contributed by atoms with E-state index in [4.69, 9.17) is 16.9 Å². The van der Waals surface area contributed by atoms with E-state index in [0.717, 1.165) is 22.2 Å². The van der Waals surface area contributed by atoms with Crippen molar-refractivity contribution in [1.82, 2.24) is 4.98 Å². The van der Waals surface area contributed by atoms with Crippen molar-refractivity contribution >= 4 is 22.5 Å². The van der Waals surface area contributed by atoms with E-state index in [0.29, 0.717) is 11.4 Å². The minimum Gasteiger partial charge on any atom is -0.251 e. The second-order valence-corrected chi connectivity index (χ2v) is 3.86. The fourth-order valence-corrected chi connectivity index (χ4v) is 1.73. The molecule has 3 heteroatoms. The largest absolute Gasteiger partial charge is 0.251 e. The number of hydrogen-bond donors (Lipinski definition) is 0. The van der Waals surface area contributed by atoms with E-state index < -0.39 is 0 Å². The van der Waals surface area contributed by atoms with Gasteiger partial charge >= 0.3 is 0 Å². The van der Waals surface area contributed by atoms with Gasteiger partial charge in [-0.25, -0.2) is 0 Å². The second-order valence-electron chi connectivity index (χ2n) is 3.42. The standard InChI is InChI=1S/C12H9ClN2/c1-8-6-9-7-10(13)2-3-12(9)15-11(8)4-5-14/h2-3,6-7H,4H2,1H3. The van der Waals surface area contributed by atoms with Crippen LogP contribution in [0.25, 0.3) is 10.9 Å². The quantitative estimate of drug-likeness (QED) is 0.734. The van der Waals surface area contributed by atoms with E-state index in [9.17, 15) is 0 Å². The highest BCUT2D eigenvalue weighted by Gasteiger charge is 2.03. The fraction of sp³-hybridized carbons (Fsp3) is 0.167. The molecule has 0 aliphatic carbocycles. The lowest BCUT2D eigenvalue weighted by molar-refractivity contribution is 1.11. The number of benzene rings is 1. The maximum atomic E-state index is 8.65. The van der Waals surface area contributed by atoms with Gasteiger partial charge < -0.3 is 0 Å². The van der Waals surface area contributed by atoms with Crippen molar-refractivity contribution in [1.29, 1.82) is 5.26 Å². The van der Waals surface area contributed by atoms with E-state index in [1.54, 1.807) is 0 Å². The van der Waals surface area contributed by atoms with Gasteiger partial charge in [0.15, 0.2) is 0 Å². The van der Waals surface area contributed by atoms with Gasteiger partial charge in [-0.3, -0.25) is 4.98 Å². The summed E-state index contributed by atoms with van der Waals surface area (Å²) in [7, 11) is 0. The highest BCUT2D eigenvalue weighted by Crippen LogP contribution is 2.20. The normalized spacial score (nSPS) is 10.2. The van der Waals surface area contributed by atoms with Crippen molar-refractivity contribution in [2.75, 3.05) is 0 Å². The van der Waals surface area contributed by atoms with Gasteiger partial charge in [0.05, 0.1) is 23.7 Å². The van der Waals surface area contributed by atoms with Gasteiger partial charge in [0.2, 0.25) is 0 Å². The Hall–Kier alpha value is -1.59. The molecule has 2 nitrogen and oxygen atoms in total. The third-order valence-electron chi connectivity index (χ3n) is 2.32. The summed E-state index contributed by atoms with van der Waals surface area (Å²) in [5.41, 5.74) is 2.76. The molecule has 0 N–H and O–H groups in total. The molecule has 74 valence electrons. The van der Waals surface area contributed by atoms with Gasteiger partial charge in [-0.05, 0) is 36.8 Å². The molecule has 0 atom stereocenters. The van der Waals surface area contributed by atoms with Crippen molar-refractivity contribution < 1.29 is 0 Å². The van der Waals surface area contributed by atoms with E-state index in [2.05, 4.69) is 11.1 Å². The zero-order valence-corrected chi connectivity index (χ0v) is 9.04. The molecule has 0 saturated carbocycles.